The summed E-state index contributed by atoms with van der Waals surface area (Å²) in [5.41, 5.74) is 2.04. The molecule has 0 aromatic carbocycles. The van der Waals surface area contributed by atoms with Crippen molar-refractivity contribution >= 4 is 5.97 Å². The zero-order valence-corrected chi connectivity index (χ0v) is 6.53. The van der Waals surface area contributed by atoms with Gasteiger partial charge in [0.05, 0.1) is 5.92 Å². The third-order valence-electron chi connectivity index (χ3n) is 2.24. The summed E-state index contributed by atoms with van der Waals surface area (Å²) >= 11 is 0. The van der Waals surface area contributed by atoms with Crippen molar-refractivity contribution in [2.75, 3.05) is 0 Å². The summed E-state index contributed by atoms with van der Waals surface area (Å²) in [5, 5.41) is 8.76. The van der Waals surface area contributed by atoms with E-state index in [1.165, 1.54) is 0 Å². The van der Waals surface area contributed by atoms with Gasteiger partial charge in [-0.25, -0.2) is 0 Å². The maximum Gasteiger partial charge on any atom is 0.307 e. The lowest BCUT2D eigenvalue weighted by Crippen LogP contribution is -2.12. The molecule has 3 nitrogen and oxygen atoms in total. The number of aromatic nitrogens is 1. The van der Waals surface area contributed by atoms with E-state index in [4.69, 9.17) is 5.11 Å². The number of rotatable bonds is 1. The first-order chi connectivity index (χ1) is 5.77. The van der Waals surface area contributed by atoms with Crippen LogP contribution in [-0.4, -0.2) is 16.1 Å². The van der Waals surface area contributed by atoms with E-state index in [0.29, 0.717) is 12.8 Å². The number of carbonyl (C=O) groups is 1. The number of carboxylic acids is 1. The molecule has 0 amide bonds. The summed E-state index contributed by atoms with van der Waals surface area (Å²) in [7, 11) is 0. The fraction of sp³-hybridized carbons (Fsp3) is 0.333. The molecular formula is C9H9NO2. The van der Waals surface area contributed by atoms with Crippen molar-refractivity contribution in [2.45, 2.75) is 12.8 Å². The van der Waals surface area contributed by atoms with Crippen molar-refractivity contribution in [3.63, 3.8) is 0 Å². The van der Waals surface area contributed by atoms with Crippen LogP contribution < -0.4 is 0 Å². The molecule has 1 aliphatic carbocycles. The van der Waals surface area contributed by atoms with Gasteiger partial charge in [-0.15, -0.1) is 0 Å². The van der Waals surface area contributed by atoms with Crippen molar-refractivity contribution < 1.29 is 9.90 Å². The molecule has 0 bridgehead atoms. The molecule has 0 saturated heterocycles. The van der Waals surface area contributed by atoms with Crippen molar-refractivity contribution in [1.29, 1.82) is 0 Å². The van der Waals surface area contributed by atoms with Crippen LogP contribution >= 0.6 is 0 Å². The van der Waals surface area contributed by atoms with Crippen LogP contribution in [0, 0.1) is 5.92 Å². The predicted octanol–water partition coefficient (Wildman–Crippen LogP) is 0.881. The molecule has 3 heteroatoms. The molecule has 0 saturated carbocycles. The minimum Gasteiger partial charge on any atom is -0.481 e. The average molecular weight is 163 g/mol. The van der Waals surface area contributed by atoms with Crippen LogP contribution in [0.25, 0.3) is 0 Å². The third kappa shape index (κ3) is 1.07. The van der Waals surface area contributed by atoms with Gasteiger partial charge in [-0.2, -0.15) is 0 Å². The van der Waals surface area contributed by atoms with E-state index in [1.807, 2.05) is 12.1 Å². The Bertz CT molecular complexity index is 297. The Morgan fingerprint density at radius 1 is 1.58 bits per heavy atom. The van der Waals surface area contributed by atoms with Crippen LogP contribution in [0.5, 0.6) is 0 Å². The van der Waals surface area contributed by atoms with Crippen LogP contribution in [0.2, 0.25) is 0 Å². The van der Waals surface area contributed by atoms with Crippen molar-refractivity contribution in [3.05, 3.63) is 29.6 Å². The summed E-state index contributed by atoms with van der Waals surface area (Å²) in [6, 6.07) is 3.80. The van der Waals surface area contributed by atoms with E-state index in [2.05, 4.69) is 4.98 Å². The van der Waals surface area contributed by atoms with Crippen LogP contribution in [0.4, 0.5) is 0 Å². The van der Waals surface area contributed by atoms with Crippen LogP contribution in [0.3, 0.4) is 0 Å². The molecule has 2 rings (SSSR count). The molecule has 1 atom stereocenters. The standard InChI is InChI=1S/C9H9NO2/c11-9(12)7-4-6-2-1-3-10-8(6)5-7/h1-3,7H,4-5H2,(H,11,12). The molecule has 1 unspecified atom stereocenters. The van der Waals surface area contributed by atoms with Crippen molar-refractivity contribution in [1.82, 2.24) is 4.98 Å². The quantitative estimate of drug-likeness (QED) is 0.668. The van der Waals surface area contributed by atoms with Gasteiger partial charge in [0.15, 0.2) is 0 Å². The first-order valence-corrected chi connectivity index (χ1v) is 3.93. The number of pyridine rings is 1. The Hall–Kier alpha value is -1.38. The lowest BCUT2D eigenvalue weighted by molar-refractivity contribution is -0.141. The number of hydrogen-bond donors (Lipinski definition) is 1. The van der Waals surface area contributed by atoms with Crippen LogP contribution in [0.1, 0.15) is 11.3 Å². The molecule has 1 heterocycles. The molecule has 62 valence electrons. The summed E-state index contributed by atoms with van der Waals surface area (Å²) in [6.07, 6.45) is 2.94. The maximum atomic E-state index is 10.6. The molecule has 0 fully saturated rings. The van der Waals surface area contributed by atoms with E-state index < -0.39 is 5.97 Å². The molecule has 1 aromatic rings. The largest absolute Gasteiger partial charge is 0.481 e. The van der Waals surface area contributed by atoms with Gasteiger partial charge < -0.3 is 5.11 Å². The second-order valence-corrected chi connectivity index (χ2v) is 3.05. The van der Waals surface area contributed by atoms with E-state index in [-0.39, 0.29) is 5.92 Å². The van der Waals surface area contributed by atoms with Crippen molar-refractivity contribution in [3.8, 4) is 0 Å². The maximum absolute atomic E-state index is 10.6. The molecule has 0 spiro atoms. The van der Waals surface area contributed by atoms with Gasteiger partial charge in [-0.1, -0.05) is 6.07 Å². The first-order valence-electron chi connectivity index (χ1n) is 3.93. The lowest BCUT2D eigenvalue weighted by atomic mass is 10.1. The van der Waals surface area contributed by atoms with Gasteiger partial charge >= 0.3 is 5.97 Å². The van der Waals surface area contributed by atoms with Crippen LogP contribution in [0.15, 0.2) is 18.3 Å². The monoisotopic (exact) mass is 163 g/mol. The highest BCUT2D eigenvalue weighted by Crippen LogP contribution is 2.24. The highest BCUT2D eigenvalue weighted by Gasteiger charge is 2.27. The average Bonchev–Trinajstić information content (AvgIpc) is 2.46. The molecule has 12 heavy (non-hydrogen) atoms. The van der Waals surface area contributed by atoms with Crippen LogP contribution in [-0.2, 0) is 17.6 Å². The Kier molecular flexibility index (Phi) is 1.57. The molecule has 0 radical (unpaired) electrons. The zero-order valence-electron chi connectivity index (χ0n) is 6.53. The number of fused-ring (bicyclic) bond motifs is 1. The highest BCUT2D eigenvalue weighted by atomic mass is 16.4. The minimum atomic E-state index is -0.715. The first kappa shape index (κ1) is 7.28. The minimum absolute atomic E-state index is 0.255. The SMILES string of the molecule is O=C(O)C1Cc2cccnc2C1. The second kappa shape index (κ2) is 2.59. The predicted molar refractivity (Wildman–Crippen MR) is 42.8 cm³/mol. The number of nitrogens with zero attached hydrogens (tertiary/aromatic N) is 1. The van der Waals surface area contributed by atoms with E-state index in [0.717, 1.165) is 11.3 Å². The number of hydrogen-bond acceptors (Lipinski definition) is 2. The molecular weight excluding hydrogens is 154 g/mol. The fourth-order valence-corrected chi connectivity index (χ4v) is 1.59. The molecule has 0 aliphatic heterocycles. The van der Waals surface area contributed by atoms with E-state index in [1.54, 1.807) is 6.20 Å². The lowest BCUT2D eigenvalue weighted by Gasteiger charge is -1.98. The Morgan fingerprint density at radius 3 is 3.08 bits per heavy atom. The normalized spacial score (nSPS) is 20.5. The summed E-state index contributed by atoms with van der Waals surface area (Å²) in [5.74, 6) is -0.970. The second-order valence-electron chi connectivity index (χ2n) is 3.05. The molecule has 1 aliphatic rings. The van der Waals surface area contributed by atoms with E-state index >= 15 is 0 Å². The van der Waals surface area contributed by atoms with Gasteiger partial charge in [-0.3, -0.25) is 9.78 Å². The fourth-order valence-electron chi connectivity index (χ4n) is 1.59. The summed E-state index contributed by atoms with van der Waals surface area (Å²) in [4.78, 5) is 14.8. The van der Waals surface area contributed by atoms with Gasteiger partial charge in [0.2, 0.25) is 0 Å². The van der Waals surface area contributed by atoms with Gasteiger partial charge in [0.25, 0.3) is 0 Å². The Morgan fingerprint density at radius 2 is 2.42 bits per heavy atom. The zero-order chi connectivity index (χ0) is 8.55. The Labute approximate surface area is 70.1 Å². The number of aliphatic carboxylic acids is 1. The smallest absolute Gasteiger partial charge is 0.307 e. The summed E-state index contributed by atoms with van der Waals surface area (Å²) < 4.78 is 0. The topological polar surface area (TPSA) is 50.2 Å². The van der Waals surface area contributed by atoms with Gasteiger partial charge in [0, 0.05) is 18.3 Å². The highest BCUT2D eigenvalue weighted by molar-refractivity contribution is 5.72. The Balaban J connectivity index is 2.27. The molecule has 1 aromatic heterocycles. The van der Waals surface area contributed by atoms with Crippen molar-refractivity contribution in [2.24, 2.45) is 5.92 Å². The summed E-state index contributed by atoms with van der Waals surface area (Å²) in [6.45, 7) is 0. The van der Waals surface area contributed by atoms with Gasteiger partial charge in [-0.05, 0) is 18.1 Å². The van der Waals surface area contributed by atoms with E-state index in [9.17, 15) is 4.79 Å². The van der Waals surface area contributed by atoms with Gasteiger partial charge in [0.1, 0.15) is 0 Å². The third-order valence-corrected chi connectivity index (χ3v) is 2.24. The number of carboxylic acid groups (broad SMARTS) is 1. The molecule has 1 N–H and O–H groups in total.